The highest BCUT2D eigenvalue weighted by atomic mass is 79.9. The van der Waals surface area contributed by atoms with Crippen LogP contribution in [0, 0.1) is 25.2 Å². The number of amides is 1. The van der Waals surface area contributed by atoms with E-state index < -0.39 is 5.91 Å². The number of carbonyl (C=O) groups is 1. The third-order valence-corrected chi connectivity index (χ3v) is 5.66. The molecule has 0 saturated carbocycles. The Bertz CT molecular complexity index is 1230. The third-order valence-electron chi connectivity index (χ3n) is 4.63. The fraction of sp³-hybridized carbons (Fsp3) is 0.120. The number of nitrogens with one attached hydrogen (secondary N) is 1. The van der Waals surface area contributed by atoms with Crippen molar-refractivity contribution in [1.29, 1.82) is 5.26 Å². The lowest BCUT2D eigenvalue weighted by molar-refractivity contribution is -0.112. The van der Waals surface area contributed by atoms with Gasteiger partial charge in [-0.15, -0.1) is 0 Å². The number of carbonyl (C=O) groups excluding carboxylic acids is 1. The molecule has 0 spiro atoms. The monoisotopic (exact) mass is 528 g/mol. The first-order valence-electron chi connectivity index (χ1n) is 9.63. The summed E-state index contributed by atoms with van der Waals surface area (Å²) in [5, 5.41) is 13.1. The van der Waals surface area contributed by atoms with Crippen molar-refractivity contribution in [3.8, 4) is 11.8 Å². The fourth-order valence-electron chi connectivity index (χ4n) is 3.02. The summed E-state index contributed by atoms with van der Waals surface area (Å²) in [5.41, 5.74) is 3.89. The normalized spacial score (nSPS) is 11.1. The minimum Gasteiger partial charge on any atom is -0.487 e. The van der Waals surface area contributed by atoms with Gasteiger partial charge in [-0.25, -0.2) is 0 Å². The average molecular weight is 530 g/mol. The molecule has 0 bridgehead atoms. The van der Waals surface area contributed by atoms with Gasteiger partial charge >= 0.3 is 0 Å². The van der Waals surface area contributed by atoms with E-state index >= 15 is 0 Å². The molecule has 0 saturated heterocycles. The van der Waals surface area contributed by atoms with Gasteiger partial charge in [0, 0.05) is 20.7 Å². The van der Waals surface area contributed by atoms with Crippen molar-refractivity contribution in [1.82, 2.24) is 0 Å². The van der Waals surface area contributed by atoms with Crippen molar-refractivity contribution in [2.75, 3.05) is 5.32 Å². The van der Waals surface area contributed by atoms with Crippen LogP contribution in [-0.4, -0.2) is 5.91 Å². The zero-order chi connectivity index (χ0) is 23.3. The van der Waals surface area contributed by atoms with E-state index in [2.05, 4.69) is 21.2 Å². The Morgan fingerprint density at radius 3 is 2.50 bits per heavy atom. The molecule has 1 amide bonds. The molecule has 0 atom stereocenters. The Kier molecular flexibility index (Phi) is 7.98. The molecule has 0 radical (unpaired) electrons. The Morgan fingerprint density at radius 2 is 1.84 bits per heavy atom. The molecule has 4 nitrogen and oxygen atoms in total. The second kappa shape index (κ2) is 10.7. The maximum absolute atomic E-state index is 12.8. The molecule has 0 unspecified atom stereocenters. The molecule has 0 aromatic heterocycles. The SMILES string of the molecule is Cc1ccc(NC(=O)/C(C#N)=C/c2cc(Cl)cc(Cl)c2OCc2ccc(Br)cc2)c(C)c1. The first-order valence-corrected chi connectivity index (χ1v) is 11.2. The van der Waals surface area contributed by atoms with Crippen molar-refractivity contribution < 1.29 is 9.53 Å². The summed E-state index contributed by atoms with van der Waals surface area (Å²) in [6.07, 6.45) is 1.42. The van der Waals surface area contributed by atoms with Gasteiger partial charge in [0.1, 0.15) is 24.0 Å². The second-order valence-electron chi connectivity index (χ2n) is 7.16. The largest absolute Gasteiger partial charge is 0.487 e. The van der Waals surface area contributed by atoms with Crippen LogP contribution in [0.2, 0.25) is 10.0 Å². The van der Waals surface area contributed by atoms with Gasteiger partial charge in [-0.1, -0.05) is 69.0 Å². The summed E-state index contributed by atoms with van der Waals surface area (Å²) in [5.74, 6) is -0.194. The zero-order valence-corrected chi connectivity index (χ0v) is 20.5. The van der Waals surface area contributed by atoms with Crippen LogP contribution in [0.15, 0.2) is 64.6 Å². The van der Waals surface area contributed by atoms with Gasteiger partial charge in [0.05, 0.1) is 5.02 Å². The molecule has 0 aliphatic carbocycles. The van der Waals surface area contributed by atoms with Crippen molar-refractivity contribution >= 4 is 56.8 Å². The third kappa shape index (κ3) is 6.14. The number of aryl methyl sites for hydroxylation is 2. The van der Waals surface area contributed by atoms with Crippen molar-refractivity contribution in [3.63, 3.8) is 0 Å². The standard InChI is InChI=1S/C25H19BrCl2N2O2/c1-15-3-8-23(16(2)9-15)30-25(31)19(13-29)10-18-11-21(27)12-22(28)24(18)32-14-17-4-6-20(26)7-5-17/h3-12H,14H2,1-2H3,(H,30,31)/b19-10+. The van der Waals surface area contributed by atoms with E-state index in [4.69, 9.17) is 27.9 Å². The van der Waals surface area contributed by atoms with Crippen molar-refractivity contribution in [3.05, 3.63) is 96.9 Å². The van der Waals surface area contributed by atoms with E-state index in [9.17, 15) is 10.1 Å². The van der Waals surface area contributed by atoms with Crippen molar-refractivity contribution in [2.45, 2.75) is 20.5 Å². The first kappa shape index (κ1) is 23.9. The number of hydrogen-bond donors (Lipinski definition) is 1. The predicted octanol–water partition coefficient (Wildman–Crippen LogP) is 7.50. The molecule has 3 aromatic rings. The van der Waals surface area contributed by atoms with Gasteiger partial charge in [-0.05, 0) is 61.4 Å². The van der Waals surface area contributed by atoms with Crippen LogP contribution in [0.25, 0.3) is 6.08 Å². The molecule has 162 valence electrons. The highest BCUT2D eigenvalue weighted by molar-refractivity contribution is 9.10. The topological polar surface area (TPSA) is 62.1 Å². The maximum Gasteiger partial charge on any atom is 0.266 e. The number of rotatable bonds is 6. The van der Waals surface area contributed by atoms with E-state index in [1.165, 1.54) is 6.08 Å². The van der Waals surface area contributed by atoms with Gasteiger partial charge in [-0.2, -0.15) is 5.26 Å². The summed E-state index contributed by atoms with van der Waals surface area (Å²) in [7, 11) is 0. The predicted molar refractivity (Wildman–Crippen MR) is 133 cm³/mol. The summed E-state index contributed by atoms with van der Waals surface area (Å²) < 4.78 is 6.89. The van der Waals surface area contributed by atoms with Crippen LogP contribution in [0.1, 0.15) is 22.3 Å². The second-order valence-corrected chi connectivity index (χ2v) is 8.92. The molecule has 0 fully saturated rings. The molecule has 0 aliphatic heterocycles. The Hall–Kier alpha value is -2.78. The molecule has 32 heavy (non-hydrogen) atoms. The lowest BCUT2D eigenvalue weighted by atomic mass is 10.1. The summed E-state index contributed by atoms with van der Waals surface area (Å²) in [6.45, 7) is 4.12. The Labute approximate surface area is 205 Å². The maximum atomic E-state index is 12.8. The van der Waals surface area contributed by atoms with Crippen LogP contribution < -0.4 is 10.1 Å². The van der Waals surface area contributed by atoms with Gasteiger partial charge in [-0.3, -0.25) is 4.79 Å². The fourth-order valence-corrected chi connectivity index (χ4v) is 3.85. The van der Waals surface area contributed by atoms with Crippen LogP contribution in [0.4, 0.5) is 5.69 Å². The molecular weight excluding hydrogens is 511 g/mol. The van der Waals surface area contributed by atoms with E-state index in [1.54, 1.807) is 18.2 Å². The molecule has 0 heterocycles. The Morgan fingerprint density at radius 1 is 1.12 bits per heavy atom. The molecule has 3 rings (SSSR count). The van der Waals surface area contributed by atoms with E-state index in [-0.39, 0.29) is 17.2 Å². The Balaban J connectivity index is 1.89. The highest BCUT2D eigenvalue weighted by Gasteiger charge is 2.15. The molecular formula is C25H19BrCl2N2O2. The van der Waals surface area contributed by atoms with Gasteiger partial charge in [0.15, 0.2) is 0 Å². The average Bonchev–Trinajstić information content (AvgIpc) is 2.74. The van der Waals surface area contributed by atoms with Gasteiger partial charge in [0.2, 0.25) is 0 Å². The summed E-state index contributed by atoms with van der Waals surface area (Å²) in [6, 6.07) is 18.4. The van der Waals surface area contributed by atoms with Crippen LogP contribution >= 0.6 is 39.1 Å². The molecule has 7 heteroatoms. The van der Waals surface area contributed by atoms with Crippen LogP contribution in [-0.2, 0) is 11.4 Å². The number of nitriles is 1. The van der Waals surface area contributed by atoms with Crippen LogP contribution in [0.5, 0.6) is 5.75 Å². The minimum absolute atomic E-state index is 0.100. The lowest BCUT2D eigenvalue weighted by Gasteiger charge is -2.13. The minimum atomic E-state index is -0.533. The first-order chi connectivity index (χ1) is 15.3. The number of hydrogen-bond acceptors (Lipinski definition) is 3. The smallest absolute Gasteiger partial charge is 0.266 e. The van der Waals surface area contributed by atoms with E-state index in [0.717, 1.165) is 21.2 Å². The highest BCUT2D eigenvalue weighted by Crippen LogP contribution is 2.34. The number of anilines is 1. The zero-order valence-electron chi connectivity index (χ0n) is 17.4. The number of nitrogens with zero attached hydrogens (tertiary/aromatic N) is 1. The quantitative estimate of drug-likeness (QED) is 0.265. The van der Waals surface area contributed by atoms with Gasteiger partial charge < -0.3 is 10.1 Å². The molecule has 0 aliphatic rings. The van der Waals surface area contributed by atoms with Gasteiger partial charge in [0.25, 0.3) is 5.91 Å². The number of halogens is 3. The molecule has 1 N–H and O–H groups in total. The number of ether oxygens (including phenoxy) is 1. The molecule has 3 aromatic carbocycles. The van der Waals surface area contributed by atoms with E-state index in [0.29, 0.717) is 22.0 Å². The van der Waals surface area contributed by atoms with Crippen molar-refractivity contribution in [2.24, 2.45) is 0 Å². The summed E-state index contributed by atoms with van der Waals surface area (Å²) >= 11 is 15.9. The van der Waals surface area contributed by atoms with E-state index in [1.807, 2.05) is 56.3 Å². The lowest BCUT2D eigenvalue weighted by Crippen LogP contribution is -2.14. The number of benzene rings is 3. The van der Waals surface area contributed by atoms with Crippen LogP contribution in [0.3, 0.4) is 0 Å². The summed E-state index contributed by atoms with van der Waals surface area (Å²) in [4.78, 5) is 12.8.